The van der Waals surface area contributed by atoms with E-state index in [1.807, 2.05) is 10.6 Å². The molecule has 1 aromatic carbocycles. The first kappa shape index (κ1) is 16.4. The van der Waals surface area contributed by atoms with Gasteiger partial charge in [-0.15, -0.1) is 16.8 Å². The maximum Gasteiger partial charge on any atom is 0.234 e. The van der Waals surface area contributed by atoms with E-state index in [2.05, 4.69) is 22.1 Å². The van der Waals surface area contributed by atoms with Crippen LogP contribution in [0.4, 0.5) is 5.69 Å². The summed E-state index contributed by atoms with van der Waals surface area (Å²) in [7, 11) is 0. The molecule has 1 aliphatic rings. The van der Waals surface area contributed by atoms with Crippen molar-refractivity contribution < 1.29 is 14.3 Å². The first-order chi connectivity index (χ1) is 11.8. The normalized spacial score (nSPS) is 13.2. The number of benzene rings is 1. The summed E-state index contributed by atoms with van der Waals surface area (Å²) < 4.78 is 13.0. The first-order valence-corrected chi connectivity index (χ1v) is 8.56. The molecular formula is C16H18N4O3S. The third kappa shape index (κ3) is 4.08. The van der Waals surface area contributed by atoms with Crippen molar-refractivity contribution in [2.75, 3.05) is 24.3 Å². The van der Waals surface area contributed by atoms with Crippen molar-refractivity contribution in [2.24, 2.45) is 0 Å². The van der Waals surface area contributed by atoms with Gasteiger partial charge < -0.3 is 19.4 Å². The molecular weight excluding hydrogens is 328 g/mol. The Kier molecular flexibility index (Phi) is 5.37. The van der Waals surface area contributed by atoms with Gasteiger partial charge in [0.2, 0.25) is 5.91 Å². The number of thioether (sulfide) groups is 1. The third-order valence-electron chi connectivity index (χ3n) is 3.27. The molecule has 0 saturated carbocycles. The van der Waals surface area contributed by atoms with Gasteiger partial charge in [0.05, 0.1) is 19.0 Å². The number of allylic oxidation sites excluding steroid dienone is 1. The molecule has 126 valence electrons. The minimum Gasteiger partial charge on any atom is -0.490 e. The van der Waals surface area contributed by atoms with Gasteiger partial charge in [-0.1, -0.05) is 17.8 Å². The van der Waals surface area contributed by atoms with Crippen LogP contribution in [0.2, 0.25) is 0 Å². The van der Waals surface area contributed by atoms with Crippen LogP contribution in [-0.2, 0) is 11.3 Å². The van der Waals surface area contributed by atoms with Crippen molar-refractivity contribution in [2.45, 2.75) is 18.1 Å². The second-order valence-electron chi connectivity index (χ2n) is 5.10. The Morgan fingerprint density at radius 2 is 2.21 bits per heavy atom. The molecule has 2 aromatic rings. The number of carbonyl (C=O) groups is 1. The Balaban J connectivity index is 1.57. The van der Waals surface area contributed by atoms with E-state index in [4.69, 9.17) is 9.47 Å². The molecule has 0 spiro atoms. The van der Waals surface area contributed by atoms with E-state index in [1.54, 1.807) is 24.5 Å². The molecule has 0 bridgehead atoms. The standard InChI is InChI=1S/C16H18N4O3S/c1-2-6-20-11-17-19-16(20)24-10-15(21)18-12-4-5-13-14(9-12)23-8-3-7-22-13/h2,4-5,9,11H,1,3,6-8,10H2,(H,18,21). The van der Waals surface area contributed by atoms with E-state index in [0.717, 1.165) is 6.42 Å². The van der Waals surface area contributed by atoms with Crippen LogP contribution in [0.5, 0.6) is 11.5 Å². The van der Waals surface area contributed by atoms with Crippen LogP contribution in [0.1, 0.15) is 6.42 Å². The second kappa shape index (κ2) is 7.87. The molecule has 0 radical (unpaired) electrons. The fourth-order valence-corrected chi connectivity index (χ4v) is 2.91. The maximum absolute atomic E-state index is 12.1. The minimum absolute atomic E-state index is 0.123. The average Bonchev–Trinajstić information content (AvgIpc) is 2.88. The van der Waals surface area contributed by atoms with Crippen LogP contribution < -0.4 is 14.8 Å². The van der Waals surface area contributed by atoms with Crippen LogP contribution in [0.25, 0.3) is 0 Å². The fourth-order valence-electron chi connectivity index (χ4n) is 2.19. The number of amides is 1. The minimum atomic E-state index is -0.123. The number of anilines is 1. The molecule has 1 amide bonds. The molecule has 0 saturated heterocycles. The predicted octanol–water partition coefficient (Wildman–Crippen LogP) is 2.36. The van der Waals surface area contributed by atoms with E-state index < -0.39 is 0 Å². The zero-order valence-corrected chi connectivity index (χ0v) is 13.9. The number of nitrogens with one attached hydrogen (secondary N) is 1. The van der Waals surface area contributed by atoms with Crippen molar-refractivity contribution in [3.05, 3.63) is 37.2 Å². The maximum atomic E-state index is 12.1. The smallest absolute Gasteiger partial charge is 0.234 e. The highest BCUT2D eigenvalue weighted by atomic mass is 32.2. The van der Waals surface area contributed by atoms with Crippen molar-refractivity contribution in [3.8, 4) is 11.5 Å². The number of fused-ring (bicyclic) bond motifs is 1. The van der Waals surface area contributed by atoms with Crippen LogP contribution >= 0.6 is 11.8 Å². The molecule has 7 nitrogen and oxygen atoms in total. The number of rotatable bonds is 6. The monoisotopic (exact) mass is 346 g/mol. The Labute approximate surface area is 144 Å². The van der Waals surface area contributed by atoms with Gasteiger partial charge in [-0.3, -0.25) is 4.79 Å². The first-order valence-electron chi connectivity index (χ1n) is 7.57. The van der Waals surface area contributed by atoms with Gasteiger partial charge in [-0.2, -0.15) is 0 Å². The number of carbonyl (C=O) groups excluding carboxylic acids is 1. The van der Waals surface area contributed by atoms with E-state index in [1.165, 1.54) is 11.8 Å². The van der Waals surface area contributed by atoms with Gasteiger partial charge in [0, 0.05) is 24.7 Å². The number of hydrogen-bond acceptors (Lipinski definition) is 6. The van der Waals surface area contributed by atoms with Crippen molar-refractivity contribution in [1.29, 1.82) is 0 Å². The summed E-state index contributed by atoms with van der Waals surface area (Å²) in [6, 6.07) is 5.39. The molecule has 0 aliphatic carbocycles. The summed E-state index contributed by atoms with van der Waals surface area (Å²) in [6.07, 6.45) is 4.22. The molecule has 3 rings (SSSR count). The number of nitrogens with zero attached hydrogens (tertiary/aromatic N) is 3. The largest absolute Gasteiger partial charge is 0.490 e. The van der Waals surface area contributed by atoms with Crippen LogP contribution in [0, 0.1) is 0 Å². The second-order valence-corrected chi connectivity index (χ2v) is 6.05. The molecule has 0 fully saturated rings. The zero-order valence-electron chi connectivity index (χ0n) is 13.1. The molecule has 1 aromatic heterocycles. The molecule has 2 heterocycles. The van der Waals surface area contributed by atoms with Crippen molar-refractivity contribution in [1.82, 2.24) is 14.8 Å². The average molecular weight is 346 g/mol. The van der Waals surface area contributed by atoms with Crippen molar-refractivity contribution in [3.63, 3.8) is 0 Å². The number of ether oxygens (including phenoxy) is 2. The quantitative estimate of drug-likeness (QED) is 0.639. The lowest BCUT2D eigenvalue weighted by Gasteiger charge is -2.10. The fraction of sp³-hybridized carbons (Fsp3) is 0.312. The molecule has 8 heteroatoms. The van der Waals surface area contributed by atoms with E-state index in [0.29, 0.717) is 42.1 Å². The van der Waals surface area contributed by atoms with E-state index in [-0.39, 0.29) is 11.7 Å². The van der Waals surface area contributed by atoms with E-state index in [9.17, 15) is 4.79 Å². The molecule has 0 unspecified atom stereocenters. The lowest BCUT2D eigenvalue weighted by atomic mass is 10.2. The topological polar surface area (TPSA) is 78.3 Å². The SMILES string of the molecule is C=CCn1cnnc1SCC(=O)Nc1ccc2c(c1)OCCCO2. The summed E-state index contributed by atoms with van der Waals surface area (Å²) in [5, 5.41) is 11.4. The Bertz CT molecular complexity index is 732. The van der Waals surface area contributed by atoms with Crippen LogP contribution in [-0.4, -0.2) is 39.6 Å². The summed E-state index contributed by atoms with van der Waals surface area (Å²) in [5.41, 5.74) is 0.678. The Morgan fingerprint density at radius 1 is 1.38 bits per heavy atom. The van der Waals surface area contributed by atoms with Crippen molar-refractivity contribution >= 4 is 23.4 Å². The van der Waals surface area contributed by atoms with Gasteiger partial charge in [0.15, 0.2) is 16.7 Å². The Morgan fingerprint density at radius 3 is 3.04 bits per heavy atom. The van der Waals surface area contributed by atoms with Crippen LogP contribution in [0.15, 0.2) is 42.3 Å². The van der Waals surface area contributed by atoms with Gasteiger partial charge >= 0.3 is 0 Å². The molecule has 24 heavy (non-hydrogen) atoms. The van der Waals surface area contributed by atoms with Gasteiger partial charge in [-0.05, 0) is 12.1 Å². The molecule has 1 N–H and O–H groups in total. The summed E-state index contributed by atoms with van der Waals surface area (Å²) >= 11 is 1.33. The molecule has 1 aliphatic heterocycles. The van der Waals surface area contributed by atoms with E-state index >= 15 is 0 Å². The summed E-state index contributed by atoms with van der Waals surface area (Å²) in [5.74, 6) is 1.48. The highest BCUT2D eigenvalue weighted by molar-refractivity contribution is 7.99. The highest BCUT2D eigenvalue weighted by Gasteiger charge is 2.13. The summed E-state index contributed by atoms with van der Waals surface area (Å²) in [4.78, 5) is 12.1. The lowest BCUT2D eigenvalue weighted by Crippen LogP contribution is -2.14. The van der Waals surface area contributed by atoms with Gasteiger partial charge in [0.1, 0.15) is 6.33 Å². The number of hydrogen-bond donors (Lipinski definition) is 1. The van der Waals surface area contributed by atoms with Gasteiger partial charge in [0.25, 0.3) is 0 Å². The summed E-state index contributed by atoms with van der Waals surface area (Å²) in [6.45, 7) is 5.54. The number of aromatic nitrogens is 3. The Hall–Kier alpha value is -2.48. The zero-order chi connectivity index (χ0) is 16.8. The lowest BCUT2D eigenvalue weighted by molar-refractivity contribution is -0.113. The van der Waals surface area contributed by atoms with Gasteiger partial charge in [-0.25, -0.2) is 0 Å². The van der Waals surface area contributed by atoms with Crippen LogP contribution in [0.3, 0.4) is 0 Å². The third-order valence-corrected chi connectivity index (χ3v) is 4.25. The molecule has 0 atom stereocenters. The highest BCUT2D eigenvalue weighted by Crippen LogP contribution is 2.32. The predicted molar refractivity (Wildman–Crippen MR) is 91.6 cm³/mol.